The Balaban J connectivity index is 1.42. The molecule has 8 nitrogen and oxygen atoms in total. The molecule has 5 rings (SSSR count). The lowest BCUT2D eigenvalue weighted by Crippen LogP contribution is -2.41. The zero-order valence-electron chi connectivity index (χ0n) is 22.8. The number of pyridine rings is 1. The molecule has 2 aromatic carbocycles. The van der Waals surface area contributed by atoms with E-state index in [0.717, 1.165) is 41.0 Å². The minimum Gasteiger partial charge on any atom is -0.379 e. The number of nitrogens with zero attached hydrogens (tertiary/aromatic N) is 2. The Morgan fingerprint density at radius 2 is 1.79 bits per heavy atom. The highest BCUT2D eigenvalue weighted by molar-refractivity contribution is 7.90. The average Bonchev–Trinajstić information content (AvgIpc) is 3.41. The van der Waals surface area contributed by atoms with E-state index in [-0.39, 0.29) is 17.0 Å². The van der Waals surface area contributed by atoms with Gasteiger partial charge >= 0.3 is 6.03 Å². The zero-order chi connectivity index (χ0) is 29.7. The number of sulfonamides is 1. The number of amides is 2. The number of urea groups is 1. The summed E-state index contributed by atoms with van der Waals surface area (Å²) in [6.45, 7) is 5.33. The number of rotatable bonds is 9. The summed E-state index contributed by atoms with van der Waals surface area (Å²) >= 11 is 1.59. The van der Waals surface area contributed by atoms with Crippen LogP contribution in [0.3, 0.4) is 0 Å². The second-order valence-corrected chi connectivity index (χ2v) is 12.7. The van der Waals surface area contributed by atoms with Crippen molar-refractivity contribution >= 4 is 27.4 Å². The van der Waals surface area contributed by atoms with E-state index in [0.29, 0.717) is 24.5 Å². The molecule has 1 saturated heterocycles. The first kappa shape index (κ1) is 29.8. The second kappa shape index (κ2) is 13.1. The van der Waals surface area contributed by atoms with E-state index in [1.165, 1.54) is 18.2 Å². The molecule has 1 unspecified atom stereocenters. The predicted octanol–water partition coefficient (Wildman–Crippen LogP) is 5.05. The molecule has 0 spiro atoms. The van der Waals surface area contributed by atoms with E-state index in [1.54, 1.807) is 48.7 Å². The van der Waals surface area contributed by atoms with E-state index < -0.39 is 33.6 Å². The molecular formula is C30H30F2N4O4S2. The summed E-state index contributed by atoms with van der Waals surface area (Å²) < 4.78 is 61.8. The van der Waals surface area contributed by atoms with E-state index in [9.17, 15) is 22.0 Å². The Kier molecular flexibility index (Phi) is 9.27. The molecule has 220 valence electrons. The van der Waals surface area contributed by atoms with Crippen LogP contribution in [0.2, 0.25) is 0 Å². The monoisotopic (exact) mass is 612 g/mol. The second-order valence-electron chi connectivity index (χ2n) is 9.93. The van der Waals surface area contributed by atoms with Crippen LogP contribution in [0.5, 0.6) is 0 Å². The predicted molar refractivity (Wildman–Crippen MR) is 157 cm³/mol. The van der Waals surface area contributed by atoms with Gasteiger partial charge in [0.05, 0.1) is 23.8 Å². The Morgan fingerprint density at radius 3 is 2.52 bits per heavy atom. The Bertz CT molecular complexity index is 1650. The van der Waals surface area contributed by atoms with Crippen molar-refractivity contribution in [1.29, 1.82) is 0 Å². The molecular weight excluding hydrogens is 582 g/mol. The van der Waals surface area contributed by atoms with Crippen LogP contribution in [0.4, 0.5) is 13.6 Å². The first-order chi connectivity index (χ1) is 20.2. The fourth-order valence-corrected chi connectivity index (χ4v) is 7.17. The third-order valence-corrected chi connectivity index (χ3v) is 9.54. The van der Waals surface area contributed by atoms with Gasteiger partial charge in [0, 0.05) is 59.7 Å². The molecule has 0 bridgehead atoms. The van der Waals surface area contributed by atoms with Gasteiger partial charge in [-0.2, -0.15) is 0 Å². The number of thiophene rings is 1. The van der Waals surface area contributed by atoms with Gasteiger partial charge in [0.15, 0.2) is 0 Å². The number of hydrogen-bond acceptors (Lipinski definition) is 7. The van der Waals surface area contributed by atoms with Crippen LogP contribution in [-0.4, -0.2) is 57.2 Å². The molecule has 1 aliphatic rings. The van der Waals surface area contributed by atoms with E-state index in [1.807, 2.05) is 22.9 Å². The quantitative estimate of drug-likeness (QED) is 0.275. The van der Waals surface area contributed by atoms with Crippen molar-refractivity contribution in [2.24, 2.45) is 0 Å². The van der Waals surface area contributed by atoms with Crippen LogP contribution in [0.1, 0.15) is 27.6 Å². The third-order valence-electron chi connectivity index (χ3n) is 6.94. The van der Waals surface area contributed by atoms with E-state index in [2.05, 4.69) is 15.2 Å². The number of benzene rings is 2. The molecule has 0 radical (unpaired) electrons. The molecule has 1 aliphatic heterocycles. The molecule has 42 heavy (non-hydrogen) atoms. The Labute approximate surface area is 247 Å². The van der Waals surface area contributed by atoms with Crippen molar-refractivity contribution < 1.29 is 26.7 Å². The first-order valence-electron chi connectivity index (χ1n) is 13.4. The van der Waals surface area contributed by atoms with Crippen molar-refractivity contribution in [2.75, 3.05) is 32.8 Å². The van der Waals surface area contributed by atoms with Gasteiger partial charge in [-0.3, -0.25) is 9.88 Å². The van der Waals surface area contributed by atoms with Crippen LogP contribution in [0, 0.1) is 18.6 Å². The van der Waals surface area contributed by atoms with Gasteiger partial charge in [0.1, 0.15) is 11.6 Å². The lowest BCUT2D eigenvalue weighted by atomic mass is 9.91. The van der Waals surface area contributed by atoms with Crippen LogP contribution < -0.4 is 10.0 Å². The maximum absolute atomic E-state index is 14.3. The maximum atomic E-state index is 14.3. The number of aromatic nitrogens is 1. The van der Waals surface area contributed by atoms with Gasteiger partial charge in [0.25, 0.3) is 10.0 Å². The molecule has 0 aliphatic carbocycles. The Morgan fingerprint density at radius 1 is 1.05 bits per heavy atom. The number of hydrogen-bond donors (Lipinski definition) is 2. The topological polar surface area (TPSA) is 101 Å². The largest absolute Gasteiger partial charge is 0.379 e. The molecule has 4 aromatic rings. The summed E-state index contributed by atoms with van der Waals surface area (Å²) in [4.78, 5) is 21.7. The number of carbonyl (C=O) groups excluding carboxylic acids is 1. The molecule has 1 fully saturated rings. The zero-order valence-corrected chi connectivity index (χ0v) is 24.5. The summed E-state index contributed by atoms with van der Waals surface area (Å²) in [5.74, 6) is -2.34. The van der Waals surface area contributed by atoms with Crippen LogP contribution in [0.15, 0.2) is 77.8 Å². The number of nitrogens with one attached hydrogen (secondary N) is 2. The highest BCUT2D eigenvalue weighted by Gasteiger charge is 2.25. The van der Waals surface area contributed by atoms with Gasteiger partial charge in [-0.1, -0.05) is 24.3 Å². The standard InChI is InChI=1S/C30H30F2N4O4S2/c1-20-5-2-3-7-28(20)42(38,39)35-30(37)34-18-26(21-15-22(31)17-23(32)16-21)29-25(6-4-10-33-29)27-9-8-24(41-27)19-36-11-13-40-14-12-36/h2-10,15-17,26H,11-14,18-19H2,1H3,(H2,34,35,37). The molecule has 0 saturated carbocycles. The molecule has 2 aromatic heterocycles. The van der Waals surface area contributed by atoms with Gasteiger partial charge in [-0.15, -0.1) is 11.3 Å². The number of morpholine rings is 1. The number of ether oxygens (including phenoxy) is 1. The minimum absolute atomic E-state index is 0.0264. The fraction of sp³-hybridized carbons (Fsp3) is 0.267. The highest BCUT2D eigenvalue weighted by Crippen LogP contribution is 2.36. The van der Waals surface area contributed by atoms with Crippen molar-refractivity contribution in [3.8, 4) is 10.4 Å². The molecule has 2 N–H and O–H groups in total. The van der Waals surface area contributed by atoms with Gasteiger partial charge in [-0.25, -0.2) is 26.7 Å². The molecule has 1 atom stereocenters. The lowest BCUT2D eigenvalue weighted by Gasteiger charge is -2.25. The molecule has 12 heteroatoms. The van der Waals surface area contributed by atoms with E-state index >= 15 is 0 Å². The molecule has 2 amide bonds. The van der Waals surface area contributed by atoms with Gasteiger partial charge in [0.2, 0.25) is 0 Å². The van der Waals surface area contributed by atoms with Crippen LogP contribution >= 0.6 is 11.3 Å². The summed E-state index contributed by atoms with van der Waals surface area (Å²) in [6, 6.07) is 16.1. The normalized spacial score (nSPS) is 14.8. The summed E-state index contributed by atoms with van der Waals surface area (Å²) in [7, 11) is -4.15. The van der Waals surface area contributed by atoms with Crippen molar-refractivity contribution in [1.82, 2.24) is 19.9 Å². The smallest absolute Gasteiger partial charge is 0.328 e. The highest BCUT2D eigenvalue weighted by atomic mass is 32.2. The third kappa shape index (κ3) is 7.19. The number of halogens is 2. The fourth-order valence-electron chi connectivity index (χ4n) is 4.91. The maximum Gasteiger partial charge on any atom is 0.328 e. The number of carbonyl (C=O) groups is 1. The SMILES string of the molecule is Cc1ccccc1S(=O)(=O)NC(=O)NCC(c1cc(F)cc(F)c1)c1ncccc1-c1ccc(CN2CCOCC2)s1. The summed E-state index contributed by atoms with van der Waals surface area (Å²) in [5, 5.41) is 2.57. The number of aryl methyl sites for hydroxylation is 1. The van der Waals surface area contributed by atoms with Crippen molar-refractivity contribution in [2.45, 2.75) is 24.3 Å². The lowest BCUT2D eigenvalue weighted by molar-refractivity contribution is 0.0346. The van der Waals surface area contributed by atoms with Crippen molar-refractivity contribution in [3.63, 3.8) is 0 Å². The van der Waals surface area contributed by atoms with E-state index in [4.69, 9.17) is 4.74 Å². The summed E-state index contributed by atoms with van der Waals surface area (Å²) in [6.07, 6.45) is 1.58. The first-order valence-corrected chi connectivity index (χ1v) is 15.7. The minimum atomic E-state index is -4.15. The molecule has 3 heterocycles. The Hall–Kier alpha value is -3.71. The van der Waals surface area contributed by atoms with Gasteiger partial charge < -0.3 is 10.1 Å². The van der Waals surface area contributed by atoms with Crippen LogP contribution in [0.25, 0.3) is 10.4 Å². The average molecular weight is 613 g/mol. The summed E-state index contributed by atoms with van der Waals surface area (Å²) in [5.41, 5.74) is 1.97. The van der Waals surface area contributed by atoms with Crippen LogP contribution in [-0.2, 0) is 21.3 Å². The van der Waals surface area contributed by atoms with Crippen molar-refractivity contribution in [3.05, 3.63) is 106 Å². The van der Waals surface area contributed by atoms with Gasteiger partial charge in [-0.05, 0) is 54.4 Å².